The lowest BCUT2D eigenvalue weighted by Gasteiger charge is -2.40. The number of nitrogens with one attached hydrogen (secondary N) is 1. The maximum atomic E-state index is 17.0. The van der Waals surface area contributed by atoms with Crippen LogP contribution in [0.15, 0.2) is 24.3 Å². The Labute approximate surface area is 262 Å². The average molecular weight is 629 g/mol. The molecular formula is C34H31F3N6O3. The van der Waals surface area contributed by atoms with Gasteiger partial charge in [0.1, 0.15) is 53.4 Å². The number of phenolic OH excluding ortho intramolecular Hbond substituents is 1. The number of phenols is 1. The molecule has 0 unspecified atom stereocenters. The lowest BCUT2D eigenvalue weighted by molar-refractivity contribution is 0.107. The third kappa shape index (κ3) is 4.07. The molecule has 0 aliphatic carbocycles. The molecule has 0 amide bonds. The minimum Gasteiger partial charge on any atom is -0.508 e. The maximum absolute atomic E-state index is 17.0. The van der Waals surface area contributed by atoms with E-state index in [9.17, 15) is 13.9 Å². The zero-order valence-electron chi connectivity index (χ0n) is 24.9. The Kier molecular flexibility index (Phi) is 6.12. The van der Waals surface area contributed by atoms with Gasteiger partial charge in [0.15, 0.2) is 5.82 Å². The van der Waals surface area contributed by atoms with E-state index in [0.29, 0.717) is 36.1 Å². The molecule has 5 atom stereocenters. The van der Waals surface area contributed by atoms with Gasteiger partial charge in [-0.2, -0.15) is 9.97 Å². The summed E-state index contributed by atoms with van der Waals surface area (Å²) in [6.07, 6.45) is 8.89. The Morgan fingerprint density at radius 3 is 2.91 bits per heavy atom. The van der Waals surface area contributed by atoms with E-state index in [1.807, 2.05) is 0 Å². The highest BCUT2D eigenvalue weighted by Crippen LogP contribution is 2.45. The van der Waals surface area contributed by atoms with Crippen LogP contribution >= 0.6 is 0 Å². The number of ether oxygens (including phenoxy) is 2. The van der Waals surface area contributed by atoms with E-state index >= 15 is 4.39 Å². The minimum atomic E-state index is -0.927. The molecule has 0 spiro atoms. The number of pyridine rings is 1. The van der Waals surface area contributed by atoms with Gasteiger partial charge in [-0.05, 0) is 55.8 Å². The summed E-state index contributed by atoms with van der Waals surface area (Å²) in [6, 6.07) is 5.72. The molecule has 4 fully saturated rings. The fourth-order valence-electron chi connectivity index (χ4n) is 8.56. The van der Waals surface area contributed by atoms with Crippen molar-refractivity contribution in [3.8, 4) is 41.2 Å². The molecule has 7 heterocycles. The van der Waals surface area contributed by atoms with Crippen molar-refractivity contribution in [2.45, 2.75) is 61.9 Å². The molecule has 9 nitrogen and oxygen atoms in total. The van der Waals surface area contributed by atoms with Gasteiger partial charge in [0, 0.05) is 42.5 Å². The molecule has 5 aliphatic rings. The van der Waals surface area contributed by atoms with E-state index in [0.717, 1.165) is 32.2 Å². The molecule has 2 bridgehead atoms. The molecule has 46 heavy (non-hydrogen) atoms. The Morgan fingerprint density at radius 1 is 1.15 bits per heavy atom. The van der Waals surface area contributed by atoms with E-state index in [2.05, 4.69) is 31.0 Å². The number of hydrogen-bond donors (Lipinski definition) is 2. The Morgan fingerprint density at radius 2 is 2.04 bits per heavy atom. The van der Waals surface area contributed by atoms with Crippen LogP contribution in [0.5, 0.6) is 17.6 Å². The molecular weight excluding hydrogens is 597 g/mol. The zero-order valence-corrected chi connectivity index (χ0v) is 24.9. The summed E-state index contributed by atoms with van der Waals surface area (Å²) in [5.41, 5.74) is -0.688. The largest absolute Gasteiger partial charge is 0.508 e. The van der Waals surface area contributed by atoms with E-state index in [-0.39, 0.29) is 76.7 Å². The summed E-state index contributed by atoms with van der Waals surface area (Å²) in [5.74, 6) is 1.35. The van der Waals surface area contributed by atoms with Crippen molar-refractivity contribution >= 4 is 27.5 Å². The first kappa shape index (κ1) is 27.9. The summed E-state index contributed by atoms with van der Waals surface area (Å²) >= 11 is 0. The Bertz CT molecular complexity index is 1990. The molecule has 2 N–H and O–H groups in total. The molecule has 2 aromatic carbocycles. The van der Waals surface area contributed by atoms with E-state index < -0.39 is 23.3 Å². The molecule has 2 aromatic heterocycles. The number of rotatable bonds is 4. The summed E-state index contributed by atoms with van der Waals surface area (Å²) in [7, 11) is 0. The number of benzene rings is 2. The number of aromatic nitrogens is 3. The molecule has 0 saturated carbocycles. The van der Waals surface area contributed by atoms with Crippen LogP contribution in [0.2, 0.25) is 0 Å². The highest BCUT2D eigenvalue weighted by Gasteiger charge is 2.50. The monoisotopic (exact) mass is 628 g/mol. The van der Waals surface area contributed by atoms with Gasteiger partial charge >= 0.3 is 6.01 Å². The van der Waals surface area contributed by atoms with Gasteiger partial charge in [0.25, 0.3) is 0 Å². The van der Waals surface area contributed by atoms with Crippen LogP contribution in [0, 0.1) is 24.0 Å². The number of anilines is 1. The highest BCUT2D eigenvalue weighted by atomic mass is 19.1. The number of fused-ring (bicyclic) bond motifs is 7. The van der Waals surface area contributed by atoms with Crippen LogP contribution in [0.25, 0.3) is 32.9 Å². The number of nitrogens with zero attached hydrogens (tertiary/aromatic N) is 5. The van der Waals surface area contributed by atoms with Crippen LogP contribution in [0.3, 0.4) is 0 Å². The number of piperazine rings is 1. The van der Waals surface area contributed by atoms with Gasteiger partial charge in [-0.25, -0.2) is 18.2 Å². The second kappa shape index (κ2) is 10.1. The van der Waals surface area contributed by atoms with Gasteiger partial charge in [0.2, 0.25) is 5.88 Å². The zero-order chi connectivity index (χ0) is 31.3. The smallest absolute Gasteiger partial charge is 0.319 e. The molecule has 12 heteroatoms. The second-order valence-electron chi connectivity index (χ2n) is 13.2. The third-order valence-electron chi connectivity index (χ3n) is 10.6. The van der Waals surface area contributed by atoms with Crippen LogP contribution in [0.4, 0.5) is 19.0 Å². The van der Waals surface area contributed by atoms with Crippen molar-refractivity contribution in [1.82, 2.24) is 25.2 Å². The predicted molar refractivity (Wildman–Crippen MR) is 165 cm³/mol. The normalized spacial score (nSPS) is 28.2. The first-order valence-electron chi connectivity index (χ1n) is 15.8. The average Bonchev–Trinajstić information content (AvgIpc) is 3.68. The molecule has 9 rings (SSSR count). The predicted octanol–water partition coefficient (Wildman–Crippen LogP) is 4.47. The molecule has 4 aromatic rings. The minimum absolute atomic E-state index is 0.0179. The molecule has 236 valence electrons. The Hall–Kier alpha value is -4.34. The van der Waals surface area contributed by atoms with Crippen molar-refractivity contribution < 1.29 is 27.8 Å². The van der Waals surface area contributed by atoms with E-state index in [1.54, 1.807) is 0 Å². The first-order valence-corrected chi connectivity index (χ1v) is 15.8. The van der Waals surface area contributed by atoms with E-state index in [1.165, 1.54) is 24.3 Å². The fourth-order valence-corrected chi connectivity index (χ4v) is 8.56. The van der Waals surface area contributed by atoms with Crippen LogP contribution < -0.4 is 19.7 Å². The second-order valence-corrected chi connectivity index (χ2v) is 13.2. The topological polar surface area (TPSA) is 95.9 Å². The highest BCUT2D eigenvalue weighted by molar-refractivity contribution is 6.04. The molecule has 0 radical (unpaired) electrons. The first-order chi connectivity index (χ1) is 22.3. The van der Waals surface area contributed by atoms with Crippen molar-refractivity contribution in [3.63, 3.8) is 0 Å². The van der Waals surface area contributed by atoms with Crippen LogP contribution in [-0.4, -0.2) is 87.6 Å². The summed E-state index contributed by atoms with van der Waals surface area (Å²) < 4.78 is 59.1. The maximum Gasteiger partial charge on any atom is 0.319 e. The number of halogens is 3. The Balaban J connectivity index is 1.25. The number of aromatic hydroxyl groups is 1. The van der Waals surface area contributed by atoms with Crippen molar-refractivity contribution in [2.75, 3.05) is 37.7 Å². The van der Waals surface area contributed by atoms with Gasteiger partial charge < -0.3 is 24.8 Å². The lowest BCUT2D eigenvalue weighted by Crippen LogP contribution is -2.60. The fraction of sp³-hybridized carbons (Fsp3) is 0.441. The van der Waals surface area contributed by atoms with E-state index in [4.69, 9.17) is 20.9 Å². The molecule has 5 aliphatic heterocycles. The van der Waals surface area contributed by atoms with Crippen molar-refractivity contribution in [3.05, 3.63) is 41.5 Å². The standard InChI is InChI=1S/C34H31F3N6O3/c1-2-21-23(36)6-4-17-10-20(44)11-22(26(17)21)29-28(37)30-27-31(43-14-19-5-7-24(38-19)25(43)15-45-32(27)39-29)41-33(40-30)46-16-34-8-3-9-42(34)13-18(35)12-34/h1,4,6,10-11,18-19,24-25,38,44H,3,5,7-9,12-16H2/t18-,19+,24-,25+,34+/m1/s1. The number of terminal acetylenes is 1. The van der Waals surface area contributed by atoms with Crippen molar-refractivity contribution in [2.24, 2.45) is 0 Å². The van der Waals surface area contributed by atoms with Gasteiger partial charge in [-0.15, -0.1) is 6.42 Å². The summed E-state index contributed by atoms with van der Waals surface area (Å²) in [6.45, 7) is 2.27. The van der Waals surface area contributed by atoms with Crippen molar-refractivity contribution in [1.29, 1.82) is 0 Å². The van der Waals surface area contributed by atoms with Crippen LogP contribution in [-0.2, 0) is 0 Å². The third-order valence-corrected chi connectivity index (χ3v) is 10.6. The quantitative estimate of drug-likeness (QED) is 0.318. The van der Waals surface area contributed by atoms with Crippen LogP contribution in [0.1, 0.15) is 37.7 Å². The summed E-state index contributed by atoms with van der Waals surface area (Å²) in [4.78, 5) is 18.4. The van der Waals surface area contributed by atoms with Gasteiger partial charge in [-0.3, -0.25) is 4.90 Å². The van der Waals surface area contributed by atoms with Gasteiger partial charge in [-0.1, -0.05) is 12.0 Å². The lowest BCUT2D eigenvalue weighted by atomic mass is 9.95. The molecule has 4 saturated heterocycles. The SMILES string of the molecule is C#Cc1c(F)ccc2cc(O)cc(-c3nc4c5c(nc(OC[C@@]67CCCN6C[C@H](F)C7)nc5c3F)N3C[C@@H]5CC[C@@H](N5)[C@@H]3CO4)c12. The number of hydrogen-bond acceptors (Lipinski definition) is 9. The summed E-state index contributed by atoms with van der Waals surface area (Å²) in [5, 5.41) is 15.3. The number of alkyl halides is 1. The van der Waals surface area contributed by atoms with Gasteiger partial charge in [0.05, 0.1) is 17.1 Å².